The molecule has 2 aromatic rings. The highest BCUT2D eigenvalue weighted by Crippen LogP contribution is 2.27. The predicted octanol–water partition coefficient (Wildman–Crippen LogP) is 3.61. The second kappa shape index (κ2) is 7.92. The topological polar surface area (TPSA) is 41.6 Å². The third-order valence-corrected chi connectivity index (χ3v) is 5.36. The van der Waals surface area contributed by atoms with Crippen LogP contribution in [0.3, 0.4) is 0 Å². The fourth-order valence-corrected chi connectivity index (χ4v) is 3.87. The average molecular weight is 350 g/mol. The third-order valence-electron chi connectivity index (χ3n) is 5.36. The summed E-state index contributed by atoms with van der Waals surface area (Å²) in [6.07, 6.45) is 4.28. The lowest BCUT2D eigenvalue weighted by Gasteiger charge is -2.29. The molecule has 2 aliphatic rings. The van der Waals surface area contributed by atoms with Crippen LogP contribution < -0.4 is 10.2 Å². The van der Waals surface area contributed by atoms with Crippen LogP contribution in [0.25, 0.3) is 0 Å². The Kier molecular flexibility index (Phi) is 5.21. The van der Waals surface area contributed by atoms with Gasteiger partial charge in [-0.25, -0.2) is 0 Å². The zero-order valence-corrected chi connectivity index (χ0v) is 15.1. The van der Waals surface area contributed by atoms with Crippen LogP contribution in [-0.4, -0.2) is 25.6 Å². The van der Waals surface area contributed by atoms with E-state index in [2.05, 4.69) is 40.5 Å². The molecule has 0 spiro atoms. The Labute approximate surface area is 155 Å². The van der Waals surface area contributed by atoms with E-state index in [4.69, 9.17) is 4.74 Å². The molecule has 0 aliphatic carbocycles. The summed E-state index contributed by atoms with van der Waals surface area (Å²) in [4.78, 5) is 15.0. The number of benzene rings is 2. The van der Waals surface area contributed by atoms with E-state index in [0.29, 0.717) is 13.2 Å². The van der Waals surface area contributed by atoms with Gasteiger partial charge in [0.15, 0.2) is 6.10 Å². The van der Waals surface area contributed by atoms with Crippen molar-refractivity contribution < 1.29 is 9.53 Å². The number of anilines is 1. The molecule has 1 atom stereocenters. The molecule has 1 amide bonds. The van der Waals surface area contributed by atoms with E-state index in [-0.39, 0.29) is 5.91 Å². The molecule has 26 heavy (non-hydrogen) atoms. The van der Waals surface area contributed by atoms with Crippen LogP contribution in [0.4, 0.5) is 5.69 Å². The number of carbonyl (C=O) groups excluding carboxylic acids is 1. The van der Waals surface area contributed by atoms with Gasteiger partial charge in [-0.3, -0.25) is 4.79 Å². The second-order valence-corrected chi connectivity index (χ2v) is 7.13. The van der Waals surface area contributed by atoms with Crippen LogP contribution in [0, 0.1) is 0 Å². The van der Waals surface area contributed by atoms with Crippen LogP contribution in [0.2, 0.25) is 0 Å². The molecule has 1 fully saturated rings. The fraction of sp³-hybridized carbons (Fsp3) is 0.409. The zero-order valence-electron chi connectivity index (χ0n) is 15.1. The molecule has 0 saturated carbocycles. The quantitative estimate of drug-likeness (QED) is 0.916. The van der Waals surface area contributed by atoms with Gasteiger partial charge in [0, 0.05) is 25.3 Å². The van der Waals surface area contributed by atoms with E-state index >= 15 is 0 Å². The van der Waals surface area contributed by atoms with Crippen molar-refractivity contribution in [3.8, 4) is 0 Å². The standard InChI is InChI=1S/C22H26N2O2/c25-22(21-20-7-3-2-6-18(20)12-15-26-21)23-16-17-8-10-19(11-9-17)24-13-4-1-5-14-24/h2-3,6-11,21H,1,4-5,12-16H2,(H,23,25)/t21-/m0/s1. The highest BCUT2D eigenvalue weighted by Gasteiger charge is 2.26. The van der Waals surface area contributed by atoms with Crippen LogP contribution in [0.1, 0.15) is 42.1 Å². The smallest absolute Gasteiger partial charge is 0.254 e. The summed E-state index contributed by atoms with van der Waals surface area (Å²) in [5.41, 5.74) is 4.61. The maximum atomic E-state index is 12.6. The maximum Gasteiger partial charge on any atom is 0.254 e. The number of piperidine rings is 1. The molecule has 1 N–H and O–H groups in total. The lowest BCUT2D eigenvalue weighted by Crippen LogP contribution is -2.33. The molecular weight excluding hydrogens is 324 g/mol. The summed E-state index contributed by atoms with van der Waals surface area (Å²) >= 11 is 0. The Morgan fingerprint density at radius 3 is 2.62 bits per heavy atom. The van der Waals surface area contributed by atoms with Crippen LogP contribution in [0.15, 0.2) is 48.5 Å². The lowest BCUT2D eigenvalue weighted by molar-refractivity contribution is -0.134. The van der Waals surface area contributed by atoms with Crippen molar-refractivity contribution in [1.82, 2.24) is 5.32 Å². The lowest BCUT2D eigenvalue weighted by atomic mass is 9.97. The Hall–Kier alpha value is -2.33. The number of rotatable bonds is 4. The number of carbonyl (C=O) groups is 1. The summed E-state index contributed by atoms with van der Waals surface area (Å²) in [6, 6.07) is 16.6. The largest absolute Gasteiger partial charge is 0.372 e. The van der Waals surface area contributed by atoms with Gasteiger partial charge in [-0.05, 0) is 54.5 Å². The first-order valence-electron chi connectivity index (χ1n) is 9.62. The monoisotopic (exact) mass is 350 g/mol. The fourth-order valence-electron chi connectivity index (χ4n) is 3.87. The zero-order chi connectivity index (χ0) is 17.8. The summed E-state index contributed by atoms with van der Waals surface area (Å²) in [5, 5.41) is 3.03. The van der Waals surface area contributed by atoms with E-state index in [0.717, 1.165) is 30.6 Å². The van der Waals surface area contributed by atoms with Crippen molar-refractivity contribution >= 4 is 11.6 Å². The summed E-state index contributed by atoms with van der Waals surface area (Å²) < 4.78 is 5.73. The van der Waals surface area contributed by atoms with E-state index in [1.165, 1.54) is 30.5 Å². The Morgan fingerprint density at radius 2 is 1.81 bits per heavy atom. The van der Waals surface area contributed by atoms with Gasteiger partial charge in [0.05, 0.1) is 6.61 Å². The number of fused-ring (bicyclic) bond motifs is 1. The molecule has 0 radical (unpaired) electrons. The van der Waals surface area contributed by atoms with Crippen molar-refractivity contribution in [2.24, 2.45) is 0 Å². The van der Waals surface area contributed by atoms with Gasteiger partial charge in [0.25, 0.3) is 5.91 Å². The first-order valence-corrected chi connectivity index (χ1v) is 9.62. The summed E-state index contributed by atoms with van der Waals surface area (Å²) in [6.45, 7) is 3.42. The van der Waals surface area contributed by atoms with E-state index in [1.807, 2.05) is 18.2 Å². The normalized spacial score (nSPS) is 19.7. The molecule has 2 heterocycles. The first-order chi connectivity index (χ1) is 12.8. The molecule has 4 heteroatoms. The number of nitrogens with zero attached hydrogens (tertiary/aromatic N) is 1. The van der Waals surface area contributed by atoms with Crippen molar-refractivity contribution in [3.05, 3.63) is 65.2 Å². The minimum atomic E-state index is -0.493. The van der Waals surface area contributed by atoms with Crippen LogP contribution in [-0.2, 0) is 22.5 Å². The summed E-state index contributed by atoms with van der Waals surface area (Å²) in [7, 11) is 0. The molecule has 136 valence electrons. The Bertz CT molecular complexity index is 751. The van der Waals surface area contributed by atoms with Crippen molar-refractivity contribution in [3.63, 3.8) is 0 Å². The number of nitrogens with one attached hydrogen (secondary N) is 1. The summed E-state index contributed by atoms with van der Waals surface area (Å²) in [5.74, 6) is -0.0581. The van der Waals surface area contributed by atoms with Gasteiger partial charge in [-0.15, -0.1) is 0 Å². The minimum Gasteiger partial charge on any atom is -0.372 e. The highest BCUT2D eigenvalue weighted by molar-refractivity contribution is 5.82. The van der Waals surface area contributed by atoms with Gasteiger partial charge < -0.3 is 15.0 Å². The van der Waals surface area contributed by atoms with Gasteiger partial charge >= 0.3 is 0 Å². The van der Waals surface area contributed by atoms with Gasteiger partial charge in [0.2, 0.25) is 0 Å². The minimum absolute atomic E-state index is 0.0581. The number of amides is 1. The molecule has 2 aromatic carbocycles. The van der Waals surface area contributed by atoms with Gasteiger partial charge in [-0.1, -0.05) is 36.4 Å². The molecule has 1 saturated heterocycles. The Balaban J connectivity index is 1.36. The average Bonchev–Trinajstić information content (AvgIpc) is 2.72. The molecule has 0 aromatic heterocycles. The number of hydrogen-bond acceptors (Lipinski definition) is 3. The molecular formula is C22H26N2O2. The van der Waals surface area contributed by atoms with Gasteiger partial charge in [-0.2, -0.15) is 0 Å². The number of hydrogen-bond donors (Lipinski definition) is 1. The number of ether oxygens (including phenoxy) is 1. The Morgan fingerprint density at radius 1 is 1.04 bits per heavy atom. The first kappa shape index (κ1) is 17.1. The highest BCUT2D eigenvalue weighted by atomic mass is 16.5. The maximum absolute atomic E-state index is 12.6. The van der Waals surface area contributed by atoms with Crippen molar-refractivity contribution in [1.29, 1.82) is 0 Å². The second-order valence-electron chi connectivity index (χ2n) is 7.13. The van der Waals surface area contributed by atoms with Crippen LogP contribution in [0.5, 0.6) is 0 Å². The SMILES string of the molecule is O=C(NCc1ccc(N2CCCCC2)cc1)[C@H]1OCCc2ccccc21. The molecule has 4 rings (SSSR count). The van der Waals surface area contributed by atoms with Crippen molar-refractivity contribution in [2.45, 2.75) is 38.3 Å². The molecule has 4 nitrogen and oxygen atoms in total. The van der Waals surface area contributed by atoms with E-state index in [1.54, 1.807) is 0 Å². The predicted molar refractivity (Wildman–Crippen MR) is 103 cm³/mol. The van der Waals surface area contributed by atoms with Crippen molar-refractivity contribution in [2.75, 3.05) is 24.6 Å². The van der Waals surface area contributed by atoms with E-state index in [9.17, 15) is 4.79 Å². The van der Waals surface area contributed by atoms with Gasteiger partial charge in [0.1, 0.15) is 0 Å². The molecule has 0 bridgehead atoms. The van der Waals surface area contributed by atoms with E-state index < -0.39 is 6.10 Å². The molecule has 0 unspecified atom stereocenters. The third kappa shape index (κ3) is 3.75. The van der Waals surface area contributed by atoms with Crippen LogP contribution >= 0.6 is 0 Å². The molecule has 2 aliphatic heterocycles.